The van der Waals surface area contributed by atoms with Crippen LogP contribution in [0.15, 0.2) is 54.6 Å². The lowest BCUT2D eigenvalue weighted by Gasteiger charge is -2.13. The molecule has 0 amide bonds. The van der Waals surface area contributed by atoms with Gasteiger partial charge in [0, 0.05) is 12.1 Å². The summed E-state index contributed by atoms with van der Waals surface area (Å²) in [6.45, 7) is 9.92. The normalized spacial score (nSPS) is 11.3. The SMILES string of the molecule is CC(C)COc1ccc(CC(=O)O)cc1-c1cc(-c2ccccc2)n(CC(C)C)n1. The molecule has 0 radical (unpaired) electrons. The highest BCUT2D eigenvalue weighted by Gasteiger charge is 2.17. The molecule has 0 saturated heterocycles. The van der Waals surface area contributed by atoms with E-state index in [1.807, 2.05) is 41.1 Å². The lowest BCUT2D eigenvalue weighted by molar-refractivity contribution is -0.136. The van der Waals surface area contributed by atoms with Crippen molar-refractivity contribution in [2.75, 3.05) is 6.61 Å². The van der Waals surface area contributed by atoms with Gasteiger partial charge in [-0.3, -0.25) is 9.48 Å². The summed E-state index contributed by atoms with van der Waals surface area (Å²) in [4.78, 5) is 11.2. The Hall–Kier alpha value is -3.08. The Morgan fingerprint density at radius 3 is 2.40 bits per heavy atom. The highest BCUT2D eigenvalue weighted by molar-refractivity contribution is 5.76. The number of carbonyl (C=O) groups is 1. The van der Waals surface area contributed by atoms with Gasteiger partial charge in [-0.15, -0.1) is 0 Å². The van der Waals surface area contributed by atoms with E-state index in [9.17, 15) is 9.90 Å². The fraction of sp³-hybridized carbons (Fsp3) is 0.360. The van der Waals surface area contributed by atoms with Gasteiger partial charge in [-0.1, -0.05) is 64.1 Å². The molecule has 1 heterocycles. The first-order valence-corrected chi connectivity index (χ1v) is 10.4. The molecule has 0 aliphatic heterocycles. The van der Waals surface area contributed by atoms with E-state index in [0.29, 0.717) is 18.4 Å². The van der Waals surface area contributed by atoms with Crippen LogP contribution in [0.5, 0.6) is 5.75 Å². The third kappa shape index (κ3) is 5.50. The molecule has 0 aliphatic rings. The average Bonchev–Trinajstić information content (AvgIpc) is 3.10. The Morgan fingerprint density at radius 2 is 1.77 bits per heavy atom. The lowest BCUT2D eigenvalue weighted by Crippen LogP contribution is -2.08. The van der Waals surface area contributed by atoms with Gasteiger partial charge in [-0.2, -0.15) is 5.10 Å². The standard InChI is InChI=1S/C25H30N2O3/c1-17(2)15-27-23(20-8-6-5-7-9-20)14-22(26-27)21-12-19(13-25(28)29)10-11-24(21)30-16-18(3)4/h5-12,14,17-18H,13,15-16H2,1-4H3,(H,28,29). The maximum absolute atomic E-state index is 11.2. The van der Waals surface area contributed by atoms with E-state index >= 15 is 0 Å². The monoisotopic (exact) mass is 406 g/mol. The molecule has 0 atom stereocenters. The Balaban J connectivity index is 2.10. The number of carboxylic acid groups (broad SMARTS) is 1. The molecule has 0 unspecified atom stereocenters. The Morgan fingerprint density at radius 1 is 1.03 bits per heavy atom. The molecule has 0 bridgehead atoms. The summed E-state index contributed by atoms with van der Waals surface area (Å²) in [5.74, 6) is 0.698. The molecule has 5 nitrogen and oxygen atoms in total. The third-order valence-electron chi connectivity index (χ3n) is 4.64. The first-order valence-electron chi connectivity index (χ1n) is 10.4. The van der Waals surface area contributed by atoms with Crippen molar-refractivity contribution in [1.82, 2.24) is 9.78 Å². The van der Waals surface area contributed by atoms with Crippen LogP contribution in [0.3, 0.4) is 0 Å². The Bertz CT molecular complexity index is 991. The highest BCUT2D eigenvalue weighted by Crippen LogP contribution is 2.34. The molecule has 3 rings (SSSR count). The minimum Gasteiger partial charge on any atom is -0.493 e. The summed E-state index contributed by atoms with van der Waals surface area (Å²) in [7, 11) is 0. The Labute approximate surface area is 178 Å². The molecule has 158 valence electrons. The van der Waals surface area contributed by atoms with Crippen molar-refractivity contribution in [3.63, 3.8) is 0 Å². The average molecular weight is 407 g/mol. The van der Waals surface area contributed by atoms with Crippen molar-refractivity contribution >= 4 is 5.97 Å². The summed E-state index contributed by atoms with van der Waals surface area (Å²) in [5, 5.41) is 14.1. The van der Waals surface area contributed by atoms with Gasteiger partial charge in [-0.05, 0) is 41.2 Å². The van der Waals surface area contributed by atoms with Crippen LogP contribution >= 0.6 is 0 Å². The van der Waals surface area contributed by atoms with E-state index in [2.05, 4.69) is 45.9 Å². The maximum Gasteiger partial charge on any atom is 0.307 e. The molecule has 30 heavy (non-hydrogen) atoms. The van der Waals surface area contributed by atoms with Crippen LogP contribution in [0.4, 0.5) is 0 Å². The number of hydrogen-bond acceptors (Lipinski definition) is 3. The number of hydrogen-bond donors (Lipinski definition) is 1. The van der Waals surface area contributed by atoms with E-state index in [0.717, 1.165) is 40.4 Å². The number of aromatic nitrogens is 2. The van der Waals surface area contributed by atoms with Crippen LogP contribution in [0.1, 0.15) is 33.3 Å². The number of nitrogens with zero attached hydrogens (tertiary/aromatic N) is 2. The Kier molecular flexibility index (Phi) is 6.93. The van der Waals surface area contributed by atoms with Crippen molar-refractivity contribution in [1.29, 1.82) is 0 Å². The zero-order chi connectivity index (χ0) is 21.7. The quantitative estimate of drug-likeness (QED) is 0.507. The largest absolute Gasteiger partial charge is 0.493 e. The number of benzene rings is 2. The summed E-state index contributed by atoms with van der Waals surface area (Å²) >= 11 is 0. The fourth-order valence-corrected chi connectivity index (χ4v) is 3.32. The molecule has 1 N–H and O–H groups in total. The number of rotatable bonds is 9. The van der Waals surface area contributed by atoms with Gasteiger partial charge < -0.3 is 9.84 Å². The molecular weight excluding hydrogens is 376 g/mol. The maximum atomic E-state index is 11.2. The van der Waals surface area contributed by atoms with Gasteiger partial charge in [-0.25, -0.2) is 0 Å². The highest BCUT2D eigenvalue weighted by atomic mass is 16.5. The van der Waals surface area contributed by atoms with Gasteiger partial charge in [0.25, 0.3) is 0 Å². The van der Waals surface area contributed by atoms with Crippen molar-refractivity contribution in [3.05, 3.63) is 60.2 Å². The molecule has 5 heteroatoms. The summed E-state index contributed by atoms with van der Waals surface area (Å²) < 4.78 is 8.09. The van der Waals surface area contributed by atoms with Gasteiger partial charge in [0.2, 0.25) is 0 Å². The van der Waals surface area contributed by atoms with Crippen molar-refractivity contribution in [2.24, 2.45) is 11.8 Å². The van der Waals surface area contributed by atoms with E-state index in [1.165, 1.54) is 0 Å². The molecule has 3 aromatic rings. The van der Waals surface area contributed by atoms with Gasteiger partial charge in [0.15, 0.2) is 0 Å². The van der Waals surface area contributed by atoms with Gasteiger partial charge >= 0.3 is 5.97 Å². The number of aliphatic carboxylic acids is 1. The molecule has 0 saturated carbocycles. The minimum atomic E-state index is -0.855. The van der Waals surface area contributed by atoms with E-state index in [1.54, 1.807) is 0 Å². The second kappa shape index (κ2) is 9.61. The summed E-state index contributed by atoms with van der Waals surface area (Å²) in [6.07, 6.45) is -0.0320. The minimum absolute atomic E-state index is 0.0320. The van der Waals surface area contributed by atoms with Crippen LogP contribution in [-0.2, 0) is 17.8 Å². The van der Waals surface area contributed by atoms with Crippen LogP contribution in [0.2, 0.25) is 0 Å². The van der Waals surface area contributed by atoms with Crippen LogP contribution < -0.4 is 4.74 Å². The number of ether oxygens (including phenoxy) is 1. The van der Waals surface area contributed by atoms with Crippen LogP contribution in [0.25, 0.3) is 22.5 Å². The molecule has 1 aromatic heterocycles. The van der Waals surface area contributed by atoms with E-state index in [-0.39, 0.29) is 6.42 Å². The van der Waals surface area contributed by atoms with Crippen LogP contribution in [0, 0.1) is 11.8 Å². The summed E-state index contributed by atoms with van der Waals surface area (Å²) in [6, 6.07) is 17.8. The summed E-state index contributed by atoms with van der Waals surface area (Å²) in [5.41, 5.74) is 4.49. The smallest absolute Gasteiger partial charge is 0.307 e. The molecule has 0 spiro atoms. The third-order valence-corrected chi connectivity index (χ3v) is 4.64. The molecule has 0 aliphatic carbocycles. The van der Waals surface area contributed by atoms with Crippen molar-refractivity contribution < 1.29 is 14.6 Å². The topological polar surface area (TPSA) is 64.3 Å². The fourth-order valence-electron chi connectivity index (χ4n) is 3.32. The first kappa shape index (κ1) is 21.6. The number of carboxylic acids is 1. The lowest BCUT2D eigenvalue weighted by atomic mass is 10.0. The predicted molar refractivity (Wildman–Crippen MR) is 120 cm³/mol. The van der Waals surface area contributed by atoms with Gasteiger partial charge in [0.1, 0.15) is 5.75 Å². The second-order valence-corrected chi connectivity index (χ2v) is 8.46. The first-order chi connectivity index (χ1) is 14.3. The molecule has 2 aromatic carbocycles. The zero-order valence-corrected chi connectivity index (χ0v) is 18.1. The van der Waals surface area contributed by atoms with Gasteiger partial charge in [0.05, 0.1) is 24.4 Å². The molecule has 0 fully saturated rings. The second-order valence-electron chi connectivity index (χ2n) is 8.46. The van der Waals surface area contributed by atoms with E-state index in [4.69, 9.17) is 9.84 Å². The van der Waals surface area contributed by atoms with Crippen molar-refractivity contribution in [3.8, 4) is 28.3 Å². The predicted octanol–water partition coefficient (Wildman–Crippen LogP) is 5.54. The molecular formula is C25H30N2O3. The zero-order valence-electron chi connectivity index (χ0n) is 18.1. The van der Waals surface area contributed by atoms with Crippen LogP contribution in [-0.4, -0.2) is 27.5 Å². The van der Waals surface area contributed by atoms with Crippen molar-refractivity contribution in [2.45, 2.75) is 40.7 Å². The van der Waals surface area contributed by atoms with E-state index < -0.39 is 5.97 Å².